The van der Waals surface area contributed by atoms with Crippen molar-refractivity contribution >= 4 is 43.5 Å². The van der Waals surface area contributed by atoms with Crippen molar-refractivity contribution in [2.45, 2.75) is 24.8 Å². The van der Waals surface area contributed by atoms with E-state index in [-0.39, 0.29) is 22.5 Å². The summed E-state index contributed by atoms with van der Waals surface area (Å²) in [7, 11) is -2.52. The van der Waals surface area contributed by atoms with Crippen molar-refractivity contribution in [3.63, 3.8) is 0 Å². The number of nitrogens with zero attached hydrogens (tertiary/aromatic N) is 1. The fraction of sp³-hybridized carbons (Fsp3) is 0.316. The van der Waals surface area contributed by atoms with Crippen LogP contribution in [-0.2, 0) is 14.8 Å². The number of sulfonamides is 1. The van der Waals surface area contributed by atoms with Gasteiger partial charge in [-0.2, -0.15) is 4.31 Å². The monoisotopic (exact) mass is 488 g/mol. The summed E-state index contributed by atoms with van der Waals surface area (Å²) in [5.41, 5.74) is 0.909. The van der Waals surface area contributed by atoms with E-state index in [4.69, 9.17) is 16.3 Å². The Morgan fingerprint density at radius 2 is 2.00 bits per heavy atom. The zero-order valence-corrected chi connectivity index (χ0v) is 18.9. The number of hydrogen-bond donors (Lipinski definition) is 1. The van der Waals surface area contributed by atoms with E-state index >= 15 is 0 Å². The highest BCUT2D eigenvalue weighted by Gasteiger charge is 2.24. The van der Waals surface area contributed by atoms with Crippen molar-refractivity contribution in [2.75, 3.05) is 20.2 Å². The first kappa shape index (κ1) is 22.7. The molecule has 0 bridgehead atoms. The number of hydrogen-bond acceptors (Lipinski definition) is 4. The Labute approximate surface area is 179 Å². The summed E-state index contributed by atoms with van der Waals surface area (Å²) in [6.45, 7) is 3.75. The topological polar surface area (TPSA) is 75.7 Å². The van der Waals surface area contributed by atoms with Crippen molar-refractivity contribution < 1.29 is 17.9 Å². The zero-order valence-electron chi connectivity index (χ0n) is 15.8. The van der Waals surface area contributed by atoms with Crippen LogP contribution in [-0.4, -0.2) is 38.8 Å². The van der Waals surface area contributed by atoms with Gasteiger partial charge in [-0.25, -0.2) is 8.42 Å². The number of ether oxygens (including phenoxy) is 1. The van der Waals surface area contributed by atoms with Gasteiger partial charge < -0.3 is 10.1 Å². The van der Waals surface area contributed by atoms with E-state index in [0.717, 1.165) is 14.3 Å². The van der Waals surface area contributed by atoms with E-state index in [0.29, 0.717) is 12.4 Å². The number of likely N-dealkylation sites (N-methyl/N-ethyl adjacent to an activating group) is 1. The van der Waals surface area contributed by atoms with Crippen molar-refractivity contribution in [3.05, 3.63) is 57.5 Å². The maximum atomic E-state index is 12.7. The lowest BCUT2D eigenvalue weighted by atomic mass is 10.1. The standard InChI is InChI=1S/C19H22BrClN2O4S/c1-4-27-18-9-8-16(11-17(18)21)28(25,26)23(3)12-19(24)22-13(2)14-6-5-7-15(20)10-14/h5-11,13H,4,12H2,1-3H3,(H,22,24). The number of nitrogens with one attached hydrogen (secondary N) is 1. The number of carbonyl (C=O) groups excluding carboxylic acids is 1. The fourth-order valence-corrected chi connectivity index (χ4v) is 4.40. The smallest absolute Gasteiger partial charge is 0.243 e. The lowest BCUT2D eigenvalue weighted by molar-refractivity contribution is -0.121. The quantitative estimate of drug-likeness (QED) is 0.608. The molecule has 6 nitrogen and oxygen atoms in total. The van der Waals surface area contributed by atoms with E-state index in [1.54, 1.807) is 0 Å². The van der Waals surface area contributed by atoms with Crippen LogP contribution in [0, 0.1) is 0 Å². The van der Waals surface area contributed by atoms with Gasteiger partial charge in [-0.3, -0.25) is 4.79 Å². The second-order valence-corrected chi connectivity index (χ2v) is 9.50. The average Bonchev–Trinajstić information content (AvgIpc) is 2.63. The third-order valence-corrected chi connectivity index (χ3v) is 6.59. The Balaban J connectivity index is 2.07. The Kier molecular flexibility index (Phi) is 7.88. The number of amides is 1. The van der Waals surface area contributed by atoms with Gasteiger partial charge in [-0.05, 0) is 49.7 Å². The molecule has 1 unspecified atom stereocenters. The Bertz CT molecular complexity index is 953. The second-order valence-electron chi connectivity index (χ2n) is 6.13. The number of benzene rings is 2. The van der Waals surface area contributed by atoms with E-state index in [9.17, 15) is 13.2 Å². The van der Waals surface area contributed by atoms with Gasteiger partial charge in [-0.1, -0.05) is 39.7 Å². The van der Waals surface area contributed by atoms with Crippen molar-refractivity contribution in [1.82, 2.24) is 9.62 Å². The molecule has 1 amide bonds. The lowest BCUT2D eigenvalue weighted by Crippen LogP contribution is -2.39. The minimum Gasteiger partial charge on any atom is -0.492 e. The molecule has 0 aliphatic rings. The maximum Gasteiger partial charge on any atom is 0.243 e. The molecule has 0 heterocycles. The van der Waals surface area contributed by atoms with Crippen LogP contribution in [0.5, 0.6) is 5.75 Å². The highest BCUT2D eigenvalue weighted by Crippen LogP contribution is 2.28. The highest BCUT2D eigenvalue weighted by atomic mass is 79.9. The summed E-state index contributed by atoms with van der Waals surface area (Å²) in [6, 6.07) is 11.5. The minimum atomic E-state index is -3.87. The molecule has 0 aliphatic heterocycles. The molecule has 0 saturated heterocycles. The molecule has 0 aromatic heterocycles. The van der Waals surface area contributed by atoms with Crippen LogP contribution in [0.3, 0.4) is 0 Å². The summed E-state index contributed by atoms with van der Waals surface area (Å²) in [4.78, 5) is 12.3. The minimum absolute atomic E-state index is 0.00343. The molecule has 2 aromatic carbocycles. The van der Waals surface area contributed by atoms with Crippen LogP contribution in [0.25, 0.3) is 0 Å². The van der Waals surface area contributed by atoms with Crippen LogP contribution in [0.1, 0.15) is 25.5 Å². The van der Waals surface area contributed by atoms with E-state index in [1.165, 1.54) is 25.2 Å². The summed E-state index contributed by atoms with van der Waals surface area (Å²) < 4.78 is 32.7. The molecule has 1 N–H and O–H groups in total. The van der Waals surface area contributed by atoms with Crippen molar-refractivity contribution in [2.24, 2.45) is 0 Å². The summed E-state index contributed by atoms with van der Waals surface area (Å²) in [6.07, 6.45) is 0. The summed E-state index contributed by atoms with van der Waals surface area (Å²) >= 11 is 9.47. The van der Waals surface area contributed by atoms with Gasteiger partial charge in [0.15, 0.2) is 0 Å². The van der Waals surface area contributed by atoms with Crippen molar-refractivity contribution in [3.8, 4) is 5.75 Å². The molecule has 0 aliphatic carbocycles. The molecule has 2 rings (SSSR count). The molecule has 152 valence electrons. The van der Waals surface area contributed by atoms with Gasteiger partial charge in [0, 0.05) is 11.5 Å². The molecule has 0 saturated carbocycles. The first-order chi connectivity index (χ1) is 13.1. The van der Waals surface area contributed by atoms with Crippen LogP contribution in [0.15, 0.2) is 51.8 Å². The van der Waals surface area contributed by atoms with Crippen LogP contribution >= 0.6 is 27.5 Å². The van der Waals surface area contributed by atoms with Gasteiger partial charge in [0.1, 0.15) is 5.75 Å². The Morgan fingerprint density at radius 3 is 2.61 bits per heavy atom. The number of carbonyl (C=O) groups is 1. The number of halogens is 2. The maximum absolute atomic E-state index is 12.7. The van der Waals surface area contributed by atoms with E-state index < -0.39 is 15.9 Å². The molecular weight excluding hydrogens is 468 g/mol. The molecule has 2 aromatic rings. The van der Waals surface area contributed by atoms with Gasteiger partial charge in [0.25, 0.3) is 0 Å². The van der Waals surface area contributed by atoms with Gasteiger partial charge >= 0.3 is 0 Å². The predicted molar refractivity (Wildman–Crippen MR) is 113 cm³/mol. The van der Waals surface area contributed by atoms with Crippen LogP contribution in [0.2, 0.25) is 5.02 Å². The third-order valence-electron chi connectivity index (χ3n) is 4.00. The summed E-state index contributed by atoms with van der Waals surface area (Å²) in [5.74, 6) is 0.00180. The predicted octanol–water partition coefficient (Wildman–Crippen LogP) is 4.00. The number of rotatable bonds is 8. The molecule has 0 fully saturated rings. The molecule has 28 heavy (non-hydrogen) atoms. The SMILES string of the molecule is CCOc1ccc(S(=O)(=O)N(C)CC(=O)NC(C)c2cccc(Br)c2)cc1Cl. The largest absolute Gasteiger partial charge is 0.492 e. The van der Waals surface area contributed by atoms with E-state index in [2.05, 4.69) is 21.2 Å². The van der Waals surface area contributed by atoms with Gasteiger partial charge in [0.05, 0.1) is 29.1 Å². The Morgan fingerprint density at radius 1 is 1.29 bits per heavy atom. The molecule has 0 radical (unpaired) electrons. The fourth-order valence-electron chi connectivity index (χ4n) is 2.53. The second kappa shape index (κ2) is 9.73. The van der Waals surface area contributed by atoms with Crippen molar-refractivity contribution in [1.29, 1.82) is 0 Å². The molecule has 0 spiro atoms. The molecular formula is C19H22BrClN2O4S. The summed E-state index contributed by atoms with van der Waals surface area (Å²) in [5, 5.41) is 3.00. The zero-order chi connectivity index (χ0) is 20.9. The van der Waals surface area contributed by atoms with Crippen LogP contribution in [0.4, 0.5) is 0 Å². The Hall–Kier alpha value is -1.61. The van der Waals surface area contributed by atoms with Gasteiger partial charge in [-0.15, -0.1) is 0 Å². The third kappa shape index (κ3) is 5.70. The highest BCUT2D eigenvalue weighted by molar-refractivity contribution is 9.10. The first-order valence-corrected chi connectivity index (χ1v) is 11.2. The molecule has 1 atom stereocenters. The molecule has 9 heteroatoms. The lowest BCUT2D eigenvalue weighted by Gasteiger charge is -2.20. The first-order valence-electron chi connectivity index (χ1n) is 8.58. The normalized spacial score (nSPS) is 12.6. The average molecular weight is 490 g/mol. The van der Waals surface area contributed by atoms with E-state index in [1.807, 2.05) is 38.1 Å². The van der Waals surface area contributed by atoms with Crippen LogP contribution < -0.4 is 10.1 Å². The van der Waals surface area contributed by atoms with Gasteiger partial charge in [0.2, 0.25) is 15.9 Å².